The van der Waals surface area contributed by atoms with Gasteiger partial charge in [-0.3, -0.25) is 4.79 Å². The van der Waals surface area contributed by atoms with E-state index in [4.69, 9.17) is 9.72 Å². The zero-order chi connectivity index (χ0) is 21.2. The van der Waals surface area contributed by atoms with Crippen LogP contribution in [-0.2, 0) is 6.54 Å². The SMILES string of the molecule is COc1ccc2nc3c(c(-c4ccccc4)c2c1)CN(C/C=C/c1ccccc1)C3=O. The first-order valence-electron chi connectivity index (χ1n) is 10.3. The maximum Gasteiger partial charge on any atom is 0.273 e. The Morgan fingerprint density at radius 3 is 2.48 bits per heavy atom. The molecular formula is C27H22N2O2. The molecule has 0 saturated carbocycles. The molecule has 0 radical (unpaired) electrons. The van der Waals surface area contributed by atoms with Crippen molar-refractivity contribution in [1.82, 2.24) is 9.88 Å². The van der Waals surface area contributed by atoms with Gasteiger partial charge in [0.1, 0.15) is 11.4 Å². The summed E-state index contributed by atoms with van der Waals surface area (Å²) in [7, 11) is 1.66. The Hall–Kier alpha value is -3.92. The minimum Gasteiger partial charge on any atom is -0.497 e. The van der Waals surface area contributed by atoms with E-state index < -0.39 is 0 Å². The maximum absolute atomic E-state index is 13.2. The molecule has 4 heteroatoms. The largest absolute Gasteiger partial charge is 0.497 e. The van der Waals surface area contributed by atoms with Gasteiger partial charge < -0.3 is 9.64 Å². The summed E-state index contributed by atoms with van der Waals surface area (Å²) in [6, 6.07) is 26.1. The molecule has 0 unspecified atom stereocenters. The Bertz CT molecular complexity index is 1280. The van der Waals surface area contributed by atoms with E-state index in [9.17, 15) is 4.79 Å². The fraction of sp³-hybridized carbons (Fsp3) is 0.111. The van der Waals surface area contributed by atoms with Gasteiger partial charge in [-0.1, -0.05) is 72.8 Å². The number of ether oxygens (including phenoxy) is 1. The predicted molar refractivity (Wildman–Crippen MR) is 124 cm³/mol. The Labute approximate surface area is 181 Å². The summed E-state index contributed by atoms with van der Waals surface area (Å²) >= 11 is 0. The van der Waals surface area contributed by atoms with E-state index in [1.54, 1.807) is 7.11 Å². The molecule has 1 aromatic heterocycles. The number of nitrogens with zero attached hydrogens (tertiary/aromatic N) is 2. The highest BCUT2D eigenvalue weighted by molar-refractivity contribution is 6.06. The second kappa shape index (κ2) is 8.07. The van der Waals surface area contributed by atoms with Crippen molar-refractivity contribution in [3.63, 3.8) is 0 Å². The predicted octanol–water partition coefficient (Wildman–Crippen LogP) is 5.58. The van der Waals surface area contributed by atoms with Gasteiger partial charge in [0.05, 0.1) is 12.6 Å². The number of carbonyl (C=O) groups is 1. The highest BCUT2D eigenvalue weighted by Crippen LogP contribution is 2.38. The summed E-state index contributed by atoms with van der Waals surface area (Å²) in [5, 5.41) is 0.999. The van der Waals surface area contributed by atoms with Crippen molar-refractivity contribution in [3.05, 3.63) is 102 Å². The third kappa shape index (κ3) is 3.57. The van der Waals surface area contributed by atoms with Gasteiger partial charge in [-0.05, 0) is 34.9 Å². The monoisotopic (exact) mass is 406 g/mol. The molecule has 0 N–H and O–H groups in total. The van der Waals surface area contributed by atoms with E-state index in [0.29, 0.717) is 18.8 Å². The van der Waals surface area contributed by atoms with Crippen LogP contribution in [0.5, 0.6) is 5.75 Å². The lowest BCUT2D eigenvalue weighted by Gasteiger charge is -2.14. The van der Waals surface area contributed by atoms with Crippen LogP contribution in [0.25, 0.3) is 28.1 Å². The molecular weight excluding hydrogens is 384 g/mol. The molecule has 4 aromatic rings. The first kappa shape index (κ1) is 19.1. The minimum absolute atomic E-state index is 0.0254. The fourth-order valence-corrected chi connectivity index (χ4v) is 4.11. The van der Waals surface area contributed by atoms with Crippen LogP contribution in [0, 0.1) is 0 Å². The number of aromatic nitrogens is 1. The van der Waals surface area contributed by atoms with Crippen LogP contribution in [0.15, 0.2) is 84.9 Å². The first-order valence-corrected chi connectivity index (χ1v) is 10.3. The molecule has 1 amide bonds. The van der Waals surface area contributed by atoms with E-state index in [0.717, 1.165) is 38.9 Å². The number of pyridine rings is 1. The Morgan fingerprint density at radius 1 is 1.00 bits per heavy atom. The molecule has 1 aliphatic rings. The number of fused-ring (bicyclic) bond motifs is 2. The van der Waals surface area contributed by atoms with Crippen LogP contribution < -0.4 is 4.74 Å². The van der Waals surface area contributed by atoms with Gasteiger partial charge in [-0.25, -0.2) is 4.98 Å². The van der Waals surface area contributed by atoms with Crippen molar-refractivity contribution in [3.8, 4) is 16.9 Å². The van der Waals surface area contributed by atoms with Crippen molar-refractivity contribution < 1.29 is 9.53 Å². The zero-order valence-corrected chi connectivity index (χ0v) is 17.3. The van der Waals surface area contributed by atoms with Crippen LogP contribution in [0.1, 0.15) is 21.6 Å². The summed E-state index contributed by atoms with van der Waals surface area (Å²) in [6.07, 6.45) is 4.08. The van der Waals surface area contributed by atoms with Crippen molar-refractivity contribution in [1.29, 1.82) is 0 Å². The smallest absolute Gasteiger partial charge is 0.273 e. The van der Waals surface area contributed by atoms with Gasteiger partial charge in [0.25, 0.3) is 5.91 Å². The fourth-order valence-electron chi connectivity index (χ4n) is 4.11. The summed E-state index contributed by atoms with van der Waals surface area (Å²) in [5.41, 5.74) is 5.58. The van der Waals surface area contributed by atoms with E-state index in [2.05, 4.69) is 12.1 Å². The average Bonchev–Trinajstić information content (AvgIpc) is 3.13. The van der Waals surface area contributed by atoms with E-state index in [-0.39, 0.29) is 5.91 Å². The molecule has 2 heterocycles. The van der Waals surface area contributed by atoms with Crippen molar-refractivity contribution in [2.45, 2.75) is 6.54 Å². The molecule has 3 aromatic carbocycles. The van der Waals surface area contributed by atoms with E-state index >= 15 is 0 Å². The number of carbonyl (C=O) groups excluding carboxylic acids is 1. The molecule has 0 spiro atoms. The molecule has 152 valence electrons. The number of benzene rings is 3. The molecule has 5 rings (SSSR count). The second-order valence-corrected chi connectivity index (χ2v) is 7.56. The topological polar surface area (TPSA) is 42.4 Å². The number of rotatable bonds is 5. The highest BCUT2D eigenvalue weighted by atomic mass is 16.5. The summed E-state index contributed by atoms with van der Waals surface area (Å²) in [6.45, 7) is 1.08. The number of methoxy groups -OCH3 is 1. The van der Waals surface area contributed by atoms with Crippen molar-refractivity contribution in [2.75, 3.05) is 13.7 Å². The summed E-state index contributed by atoms with van der Waals surface area (Å²) in [5.74, 6) is 0.751. The standard InChI is InChI=1S/C27H22N2O2/c1-31-21-14-15-24-22(17-21)25(20-12-6-3-7-13-20)23-18-29(27(30)26(23)28-24)16-8-11-19-9-4-2-5-10-19/h2-15,17H,16,18H2,1H3/b11-8+. The lowest BCUT2D eigenvalue weighted by molar-refractivity contribution is 0.0792. The average molecular weight is 406 g/mol. The van der Waals surface area contributed by atoms with Crippen LogP contribution >= 0.6 is 0 Å². The van der Waals surface area contributed by atoms with Gasteiger partial charge in [-0.15, -0.1) is 0 Å². The lowest BCUT2D eigenvalue weighted by atomic mass is 9.95. The molecule has 0 saturated heterocycles. The van der Waals surface area contributed by atoms with Crippen LogP contribution in [0.3, 0.4) is 0 Å². The van der Waals surface area contributed by atoms with Crippen LogP contribution in [-0.4, -0.2) is 29.4 Å². The Morgan fingerprint density at radius 2 is 1.74 bits per heavy atom. The molecule has 1 aliphatic heterocycles. The normalized spacial score (nSPS) is 13.2. The number of hydrogen-bond acceptors (Lipinski definition) is 3. The second-order valence-electron chi connectivity index (χ2n) is 7.56. The van der Waals surface area contributed by atoms with Crippen LogP contribution in [0.4, 0.5) is 0 Å². The minimum atomic E-state index is -0.0254. The lowest BCUT2D eigenvalue weighted by Crippen LogP contribution is -2.24. The van der Waals surface area contributed by atoms with Crippen LogP contribution in [0.2, 0.25) is 0 Å². The quantitative estimate of drug-likeness (QED) is 0.435. The number of amides is 1. The van der Waals surface area contributed by atoms with E-state index in [1.165, 1.54) is 0 Å². The first-order chi connectivity index (χ1) is 15.2. The Balaban J connectivity index is 1.57. The highest BCUT2D eigenvalue weighted by Gasteiger charge is 2.32. The van der Waals surface area contributed by atoms with Gasteiger partial charge in [0.2, 0.25) is 0 Å². The van der Waals surface area contributed by atoms with Gasteiger partial charge >= 0.3 is 0 Å². The van der Waals surface area contributed by atoms with Gasteiger partial charge in [0.15, 0.2) is 0 Å². The maximum atomic E-state index is 13.2. The molecule has 4 nitrogen and oxygen atoms in total. The molecule has 0 bridgehead atoms. The molecule has 31 heavy (non-hydrogen) atoms. The summed E-state index contributed by atoms with van der Waals surface area (Å²) in [4.78, 5) is 19.8. The molecule has 0 fully saturated rings. The molecule has 0 atom stereocenters. The van der Waals surface area contributed by atoms with Crippen molar-refractivity contribution >= 4 is 22.9 Å². The summed E-state index contributed by atoms with van der Waals surface area (Å²) < 4.78 is 5.46. The zero-order valence-electron chi connectivity index (χ0n) is 17.3. The van der Waals surface area contributed by atoms with E-state index in [1.807, 2.05) is 83.8 Å². The third-order valence-corrected chi connectivity index (χ3v) is 5.63. The van der Waals surface area contributed by atoms with Crippen molar-refractivity contribution in [2.24, 2.45) is 0 Å². The van der Waals surface area contributed by atoms with Gasteiger partial charge in [0, 0.05) is 24.0 Å². The number of hydrogen-bond donors (Lipinski definition) is 0. The van der Waals surface area contributed by atoms with Gasteiger partial charge in [-0.2, -0.15) is 0 Å². The Kier molecular flexibility index (Phi) is 4.97. The third-order valence-electron chi connectivity index (χ3n) is 5.63. The molecule has 0 aliphatic carbocycles.